The summed E-state index contributed by atoms with van der Waals surface area (Å²) in [5.74, 6) is -1.64. The first-order valence-corrected chi connectivity index (χ1v) is 7.47. The van der Waals surface area contributed by atoms with Crippen molar-refractivity contribution in [2.24, 2.45) is 0 Å². The minimum Gasteiger partial charge on any atom is -0.494 e. The van der Waals surface area contributed by atoms with E-state index in [1.807, 2.05) is 0 Å². The zero-order chi connectivity index (χ0) is 17.3. The highest BCUT2D eigenvalue weighted by Crippen LogP contribution is 2.35. The summed E-state index contributed by atoms with van der Waals surface area (Å²) in [5.41, 5.74) is 0.214. The molecule has 3 rings (SSSR count). The predicted molar refractivity (Wildman–Crippen MR) is 81.8 cm³/mol. The molecule has 0 bridgehead atoms. The summed E-state index contributed by atoms with van der Waals surface area (Å²) in [4.78, 5) is 13.4. The Bertz CT molecular complexity index is 755. The molecule has 0 atom stereocenters. The maximum Gasteiger partial charge on any atom is 0.343 e. The molecule has 0 amide bonds. The number of ether oxygens (including phenoxy) is 1. The molecule has 1 aliphatic rings. The van der Waals surface area contributed by atoms with Crippen molar-refractivity contribution in [3.05, 3.63) is 29.6 Å². The molecule has 0 unspecified atom stereocenters. The number of carboxylic acid groups (broad SMARTS) is 1. The van der Waals surface area contributed by atoms with E-state index in [0.29, 0.717) is 31.5 Å². The van der Waals surface area contributed by atoms with Crippen molar-refractivity contribution in [2.45, 2.75) is 19.0 Å². The van der Waals surface area contributed by atoms with Gasteiger partial charge in [0.25, 0.3) is 0 Å². The van der Waals surface area contributed by atoms with Gasteiger partial charge in [-0.25, -0.2) is 13.6 Å². The first-order chi connectivity index (χ1) is 11.5. The molecule has 128 valence electrons. The third-order valence-corrected chi connectivity index (χ3v) is 4.03. The molecule has 1 fully saturated rings. The summed E-state index contributed by atoms with van der Waals surface area (Å²) in [5, 5.41) is 13.4. The van der Waals surface area contributed by atoms with Gasteiger partial charge in [-0.05, 0) is 31.0 Å². The van der Waals surface area contributed by atoms with Crippen LogP contribution in [-0.2, 0) is 0 Å². The fourth-order valence-electron chi connectivity index (χ4n) is 2.75. The molecule has 0 spiro atoms. The van der Waals surface area contributed by atoms with Crippen molar-refractivity contribution in [2.75, 3.05) is 25.1 Å². The molecule has 1 aliphatic heterocycles. The van der Waals surface area contributed by atoms with Crippen molar-refractivity contribution >= 4 is 11.8 Å². The van der Waals surface area contributed by atoms with Gasteiger partial charge in [0.1, 0.15) is 6.17 Å². The number of methoxy groups -OCH3 is 1. The number of hydrogen-bond acceptors (Lipinski definition) is 5. The highest BCUT2D eigenvalue weighted by molar-refractivity contribution is 5.99. The van der Waals surface area contributed by atoms with Gasteiger partial charge in [-0.2, -0.15) is 0 Å². The monoisotopic (exact) mass is 338 g/mol. The van der Waals surface area contributed by atoms with E-state index < -0.39 is 18.0 Å². The van der Waals surface area contributed by atoms with Crippen LogP contribution in [0.5, 0.6) is 5.75 Å². The zero-order valence-corrected chi connectivity index (χ0v) is 13.0. The standard InChI is InChI=1S/C16H16F2N2O4/c1-23-12-8-9(2-3-11(12)18)14-13(16(21)22)15(19-24-14)20-6-4-10(17)5-7-20/h2-3,8,10H,4-7H2,1H3,(H,21,22). The largest absolute Gasteiger partial charge is 0.494 e. The molecule has 1 aromatic carbocycles. The lowest BCUT2D eigenvalue weighted by Crippen LogP contribution is -2.35. The number of benzene rings is 1. The Kier molecular flexibility index (Phi) is 4.37. The van der Waals surface area contributed by atoms with Gasteiger partial charge < -0.3 is 19.3 Å². The number of aromatic nitrogens is 1. The average molecular weight is 338 g/mol. The number of anilines is 1. The Morgan fingerprint density at radius 2 is 2.12 bits per heavy atom. The van der Waals surface area contributed by atoms with Crippen LogP contribution in [0.3, 0.4) is 0 Å². The molecule has 1 saturated heterocycles. The second-order valence-corrected chi connectivity index (χ2v) is 5.53. The quantitative estimate of drug-likeness (QED) is 0.923. The molecular formula is C16H16F2N2O4. The molecular weight excluding hydrogens is 322 g/mol. The number of carbonyl (C=O) groups is 1. The maximum absolute atomic E-state index is 13.5. The smallest absolute Gasteiger partial charge is 0.343 e. The van der Waals surface area contributed by atoms with Crippen LogP contribution in [-0.4, -0.2) is 42.6 Å². The van der Waals surface area contributed by atoms with Crippen LogP contribution < -0.4 is 9.64 Å². The zero-order valence-electron chi connectivity index (χ0n) is 13.0. The SMILES string of the molecule is COc1cc(-c2onc(N3CCC(F)CC3)c2C(=O)O)ccc1F. The summed E-state index contributed by atoms with van der Waals surface area (Å²) in [7, 11) is 1.31. The molecule has 1 aromatic heterocycles. The summed E-state index contributed by atoms with van der Waals surface area (Å²) in [6.07, 6.45) is -0.265. The number of nitrogens with zero attached hydrogens (tertiary/aromatic N) is 2. The average Bonchev–Trinajstić information content (AvgIpc) is 3.01. The van der Waals surface area contributed by atoms with Gasteiger partial charge in [0.15, 0.2) is 28.7 Å². The summed E-state index contributed by atoms with van der Waals surface area (Å²) in [6.45, 7) is 0.723. The first kappa shape index (κ1) is 16.2. The Labute approximate surface area is 136 Å². The van der Waals surface area contributed by atoms with Gasteiger partial charge in [-0.3, -0.25) is 0 Å². The van der Waals surface area contributed by atoms with Crippen LogP contribution in [0.25, 0.3) is 11.3 Å². The van der Waals surface area contributed by atoms with Crippen LogP contribution in [0.2, 0.25) is 0 Å². The highest BCUT2D eigenvalue weighted by Gasteiger charge is 2.30. The molecule has 0 saturated carbocycles. The van der Waals surface area contributed by atoms with E-state index in [1.54, 1.807) is 4.90 Å². The van der Waals surface area contributed by atoms with Crippen LogP contribution in [0.1, 0.15) is 23.2 Å². The second kappa shape index (κ2) is 6.46. The molecule has 2 heterocycles. The maximum atomic E-state index is 13.5. The fraction of sp³-hybridized carbons (Fsp3) is 0.375. The van der Waals surface area contributed by atoms with Crippen LogP contribution in [0.15, 0.2) is 22.7 Å². The lowest BCUT2D eigenvalue weighted by Gasteiger charge is -2.28. The summed E-state index contributed by atoms with van der Waals surface area (Å²) in [6, 6.07) is 3.90. The lowest BCUT2D eigenvalue weighted by atomic mass is 10.1. The van der Waals surface area contributed by atoms with Crippen molar-refractivity contribution in [1.82, 2.24) is 5.16 Å². The number of carboxylic acids is 1. The minimum absolute atomic E-state index is 0.0122. The van der Waals surface area contributed by atoms with E-state index in [1.165, 1.54) is 19.2 Å². The van der Waals surface area contributed by atoms with Gasteiger partial charge in [0, 0.05) is 18.7 Å². The molecule has 0 radical (unpaired) electrons. The van der Waals surface area contributed by atoms with Crippen LogP contribution in [0, 0.1) is 5.82 Å². The van der Waals surface area contributed by atoms with Gasteiger partial charge in [-0.15, -0.1) is 0 Å². The van der Waals surface area contributed by atoms with Crippen LogP contribution >= 0.6 is 0 Å². The van der Waals surface area contributed by atoms with Crippen LogP contribution in [0.4, 0.5) is 14.6 Å². The summed E-state index contributed by atoms with van der Waals surface area (Å²) < 4.78 is 37.0. The van der Waals surface area contributed by atoms with Gasteiger partial charge in [0.2, 0.25) is 0 Å². The number of aromatic carboxylic acids is 1. The predicted octanol–water partition coefficient (Wildman–Crippen LogP) is 3.13. The van der Waals surface area contributed by atoms with Gasteiger partial charge in [-0.1, -0.05) is 5.16 Å². The molecule has 8 heteroatoms. The molecule has 24 heavy (non-hydrogen) atoms. The van der Waals surface area contributed by atoms with Gasteiger partial charge in [0.05, 0.1) is 7.11 Å². The van der Waals surface area contributed by atoms with E-state index in [9.17, 15) is 18.7 Å². The molecule has 1 N–H and O–H groups in total. The van der Waals surface area contributed by atoms with E-state index in [0.717, 1.165) is 6.07 Å². The molecule has 0 aliphatic carbocycles. The lowest BCUT2D eigenvalue weighted by molar-refractivity contribution is 0.0697. The second-order valence-electron chi connectivity index (χ2n) is 5.53. The summed E-state index contributed by atoms with van der Waals surface area (Å²) >= 11 is 0. The fourth-order valence-corrected chi connectivity index (χ4v) is 2.75. The Balaban J connectivity index is 2.02. The van der Waals surface area contributed by atoms with Crippen molar-refractivity contribution in [3.63, 3.8) is 0 Å². The molecule has 6 nitrogen and oxygen atoms in total. The number of hydrogen-bond donors (Lipinski definition) is 1. The minimum atomic E-state index is -1.22. The number of rotatable bonds is 4. The Hall–Kier alpha value is -2.64. The molecule has 2 aromatic rings. The van der Waals surface area contributed by atoms with Crippen molar-refractivity contribution < 1.29 is 27.9 Å². The first-order valence-electron chi connectivity index (χ1n) is 7.47. The van der Waals surface area contributed by atoms with E-state index in [4.69, 9.17) is 9.26 Å². The number of piperidine rings is 1. The van der Waals surface area contributed by atoms with E-state index in [2.05, 4.69) is 5.16 Å². The topological polar surface area (TPSA) is 75.8 Å². The number of alkyl halides is 1. The van der Waals surface area contributed by atoms with E-state index in [-0.39, 0.29) is 22.9 Å². The normalized spacial score (nSPS) is 15.5. The Morgan fingerprint density at radius 1 is 1.42 bits per heavy atom. The van der Waals surface area contributed by atoms with Crippen molar-refractivity contribution in [3.8, 4) is 17.1 Å². The van der Waals surface area contributed by atoms with E-state index >= 15 is 0 Å². The Morgan fingerprint density at radius 3 is 2.75 bits per heavy atom. The van der Waals surface area contributed by atoms with Gasteiger partial charge >= 0.3 is 5.97 Å². The highest BCUT2D eigenvalue weighted by atomic mass is 19.1. The van der Waals surface area contributed by atoms with Crippen molar-refractivity contribution in [1.29, 1.82) is 0 Å². The third kappa shape index (κ3) is 2.91. The third-order valence-electron chi connectivity index (χ3n) is 4.03. The number of halogens is 2.